The van der Waals surface area contributed by atoms with E-state index in [0.717, 1.165) is 64.2 Å². The third-order valence-electron chi connectivity index (χ3n) is 8.52. The Labute approximate surface area is 242 Å². The molecular weight excluding hydrogens is 522 g/mol. The topological polar surface area (TPSA) is 106 Å². The maximum Gasteiger partial charge on any atom is 0.407 e. The van der Waals surface area contributed by atoms with Crippen molar-refractivity contribution < 1.29 is 23.8 Å². The minimum atomic E-state index is -0.465. The molecule has 1 saturated carbocycles. The summed E-state index contributed by atoms with van der Waals surface area (Å²) in [5.41, 5.74) is 0.204. The van der Waals surface area contributed by atoms with Gasteiger partial charge in [0.2, 0.25) is 0 Å². The summed E-state index contributed by atoms with van der Waals surface area (Å²) in [6, 6.07) is 7.26. The molecule has 0 unspecified atom stereocenters. The van der Waals surface area contributed by atoms with E-state index in [-0.39, 0.29) is 12.1 Å². The van der Waals surface area contributed by atoms with Crippen molar-refractivity contribution in [3.8, 4) is 11.5 Å². The molecule has 222 valence electrons. The summed E-state index contributed by atoms with van der Waals surface area (Å²) in [5, 5.41) is 3.05. The number of hydrogen-bond acceptors (Lipinski definition) is 9. The van der Waals surface area contributed by atoms with Crippen LogP contribution >= 0.6 is 0 Å². The molecule has 1 aromatic heterocycles. The van der Waals surface area contributed by atoms with Gasteiger partial charge in [0, 0.05) is 31.1 Å². The van der Waals surface area contributed by atoms with Crippen molar-refractivity contribution in [3.63, 3.8) is 0 Å². The highest BCUT2D eigenvalue weighted by Gasteiger charge is 2.46. The fourth-order valence-corrected chi connectivity index (χ4v) is 6.34. The van der Waals surface area contributed by atoms with Gasteiger partial charge in [-0.1, -0.05) is 12.1 Å². The van der Waals surface area contributed by atoms with E-state index in [1.807, 2.05) is 26.8 Å². The van der Waals surface area contributed by atoms with Gasteiger partial charge in [-0.2, -0.15) is 0 Å². The van der Waals surface area contributed by atoms with Crippen LogP contribution in [0.5, 0.6) is 11.5 Å². The van der Waals surface area contributed by atoms with Gasteiger partial charge in [0.25, 0.3) is 0 Å². The summed E-state index contributed by atoms with van der Waals surface area (Å²) in [5.74, 6) is 1.96. The van der Waals surface area contributed by atoms with Crippen LogP contribution < -0.4 is 15.0 Å². The number of ether oxygens (including phenoxy) is 3. The number of alkyl carbamates (subject to hydrolysis) is 1. The zero-order valence-electron chi connectivity index (χ0n) is 24.7. The average molecular weight is 566 g/mol. The highest BCUT2D eigenvalue weighted by atomic mass is 16.6. The van der Waals surface area contributed by atoms with Crippen molar-refractivity contribution in [2.75, 3.05) is 44.7 Å². The molecule has 1 aromatic carbocycles. The maximum absolute atomic E-state index is 12.2. The molecule has 3 heterocycles. The second-order valence-electron chi connectivity index (χ2n) is 12.8. The van der Waals surface area contributed by atoms with Gasteiger partial charge < -0.3 is 29.3 Å². The summed E-state index contributed by atoms with van der Waals surface area (Å²) >= 11 is 0. The molecule has 41 heavy (non-hydrogen) atoms. The van der Waals surface area contributed by atoms with Gasteiger partial charge in [0.15, 0.2) is 11.6 Å². The lowest BCUT2D eigenvalue weighted by atomic mass is 9.71. The standard InChI is InChI=1S/C31H43N5O5/c1-30(2,3)41-29(38)34-23-11-9-22(10-12-23)18-35-15-13-31(14-16-35)19-36(20-31)27-26(17-32-21-33-27)40-25-8-6-5-7-24(25)28(37)39-4/h5-8,17,21-23H,9-16,18-20H2,1-4H3,(H,34,38). The molecule has 0 radical (unpaired) electrons. The van der Waals surface area contributed by atoms with Gasteiger partial charge in [0.1, 0.15) is 23.2 Å². The number of aromatic nitrogens is 2. The number of rotatable bonds is 7. The van der Waals surface area contributed by atoms with Crippen LogP contribution in [0.3, 0.4) is 0 Å². The van der Waals surface area contributed by atoms with Crippen LogP contribution in [0, 0.1) is 11.3 Å². The van der Waals surface area contributed by atoms with E-state index in [0.29, 0.717) is 28.4 Å². The highest BCUT2D eigenvalue weighted by Crippen LogP contribution is 2.45. The van der Waals surface area contributed by atoms with Gasteiger partial charge in [-0.25, -0.2) is 19.6 Å². The predicted molar refractivity (Wildman–Crippen MR) is 155 cm³/mol. The molecule has 1 spiro atoms. The van der Waals surface area contributed by atoms with Crippen LogP contribution in [0.2, 0.25) is 0 Å². The van der Waals surface area contributed by atoms with Crippen LogP contribution in [-0.2, 0) is 9.47 Å². The van der Waals surface area contributed by atoms with Crippen molar-refractivity contribution in [1.82, 2.24) is 20.2 Å². The summed E-state index contributed by atoms with van der Waals surface area (Å²) in [6.45, 7) is 10.9. The van der Waals surface area contributed by atoms with E-state index in [1.165, 1.54) is 20.0 Å². The number of carbonyl (C=O) groups is 2. The molecule has 3 fully saturated rings. The van der Waals surface area contributed by atoms with Crippen LogP contribution in [0.15, 0.2) is 36.8 Å². The molecule has 2 saturated heterocycles. The third kappa shape index (κ3) is 7.28. The number of anilines is 1. The molecular formula is C31H43N5O5. The van der Waals surface area contributed by atoms with Crippen molar-refractivity contribution >= 4 is 17.9 Å². The van der Waals surface area contributed by atoms with Gasteiger partial charge in [-0.15, -0.1) is 0 Å². The molecule has 10 heteroatoms. The Balaban J connectivity index is 1.08. The molecule has 2 aromatic rings. The van der Waals surface area contributed by atoms with Gasteiger partial charge in [-0.05, 0) is 90.4 Å². The summed E-state index contributed by atoms with van der Waals surface area (Å²) in [6.07, 6.45) is 9.56. The first kappa shape index (κ1) is 29.1. The van der Waals surface area contributed by atoms with Crippen molar-refractivity contribution in [2.45, 2.75) is 70.9 Å². The van der Waals surface area contributed by atoms with E-state index in [4.69, 9.17) is 14.2 Å². The first-order chi connectivity index (χ1) is 19.6. The zero-order chi connectivity index (χ0) is 29.0. The molecule has 1 aliphatic carbocycles. The van der Waals surface area contributed by atoms with Crippen LogP contribution in [0.4, 0.5) is 10.6 Å². The van der Waals surface area contributed by atoms with Crippen molar-refractivity contribution in [2.24, 2.45) is 11.3 Å². The van der Waals surface area contributed by atoms with E-state index in [2.05, 4.69) is 25.1 Å². The third-order valence-corrected chi connectivity index (χ3v) is 8.52. The first-order valence-corrected chi connectivity index (χ1v) is 14.8. The Hall–Kier alpha value is -3.40. The van der Waals surface area contributed by atoms with E-state index in [1.54, 1.807) is 30.7 Å². The zero-order valence-corrected chi connectivity index (χ0v) is 24.7. The van der Waals surface area contributed by atoms with E-state index < -0.39 is 11.6 Å². The molecule has 2 aliphatic heterocycles. The van der Waals surface area contributed by atoms with Crippen LogP contribution in [0.25, 0.3) is 0 Å². The number of piperidine rings is 1. The van der Waals surface area contributed by atoms with E-state index >= 15 is 0 Å². The number of amides is 1. The monoisotopic (exact) mass is 565 g/mol. The minimum absolute atomic E-state index is 0.219. The number of likely N-dealkylation sites (tertiary alicyclic amines) is 1. The predicted octanol–water partition coefficient (Wildman–Crippen LogP) is 5.04. The number of benzene rings is 1. The molecule has 10 nitrogen and oxygen atoms in total. The minimum Gasteiger partial charge on any atom is -0.465 e. The number of hydrogen-bond donors (Lipinski definition) is 1. The fraction of sp³-hybridized carbons (Fsp3) is 0.613. The first-order valence-electron chi connectivity index (χ1n) is 14.8. The lowest BCUT2D eigenvalue weighted by molar-refractivity contribution is 0.0465. The Kier molecular flexibility index (Phi) is 8.68. The maximum atomic E-state index is 12.2. The van der Waals surface area contributed by atoms with Gasteiger partial charge >= 0.3 is 12.1 Å². The summed E-state index contributed by atoms with van der Waals surface area (Å²) < 4.78 is 16.5. The second kappa shape index (κ2) is 12.2. The Morgan fingerprint density at radius 2 is 1.76 bits per heavy atom. The molecule has 0 atom stereocenters. The lowest BCUT2D eigenvalue weighted by Crippen LogP contribution is -2.61. The van der Waals surface area contributed by atoms with Gasteiger partial charge in [-0.3, -0.25) is 0 Å². The fourth-order valence-electron chi connectivity index (χ4n) is 6.34. The normalized spacial score (nSPS) is 22.5. The second-order valence-corrected chi connectivity index (χ2v) is 12.8. The SMILES string of the molecule is COC(=O)c1ccccc1Oc1cncnc1N1CC2(CCN(CC3CCC(NC(=O)OC(C)(C)C)CC3)CC2)C1. The number of nitrogens with one attached hydrogen (secondary N) is 1. The molecule has 3 aliphatic rings. The largest absolute Gasteiger partial charge is 0.465 e. The van der Waals surface area contributed by atoms with Crippen molar-refractivity contribution in [3.05, 3.63) is 42.4 Å². The van der Waals surface area contributed by atoms with Gasteiger partial charge in [0.05, 0.1) is 13.3 Å². The summed E-state index contributed by atoms with van der Waals surface area (Å²) in [7, 11) is 1.36. The van der Waals surface area contributed by atoms with Crippen LogP contribution in [-0.4, -0.2) is 78.4 Å². The quantitative estimate of drug-likeness (QED) is 0.462. The smallest absolute Gasteiger partial charge is 0.407 e. The summed E-state index contributed by atoms with van der Waals surface area (Å²) in [4.78, 5) is 37.9. The number of carbonyl (C=O) groups excluding carboxylic acids is 2. The molecule has 1 amide bonds. The molecule has 1 N–H and O–H groups in total. The van der Waals surface area contributed by atoms with E-state index in [9.17, 15) is 9.59 Å². The Morgan fingerprint density at radius 3 is 2.44 bits per heavy atom. The number of methoxy groups -OCH3 is 1. The van der Waals surface area contributed by atoms with Crippen molar-refractivity contribution in [1.29, 1.82) is 0 Å². The number of nitrogens with zero attached hydrogens (tertiary/aromatic N) is 4. The molecule has 0 bridgehead atoms. The average Bonchev–Trinajstić information content (AvgIpc) is 2.93. The highest BCUT2D eigenvalue weighted by molar-refractivity contribution is 5.92. The van der Waals surface area contributed by atoms with Crippen LogP contribution in [0.1, 0.15) is 69.7 Å². The lowest BCUT2D eigenvalue weighted by Gasteiger charge is -2.54. The Bertz CT molecular complexity index is 1210. The number of para-hydroxylation sites is 1. The number of esters is 1. The molecule has 5 rings (SSSR count). The Morgan fingerprint density at radius 1 is 1.05 bits per heavy atom.